The van der Waals surface area contributed by atoms with Crippen molar-refractivity contribution in [2.75, 3.05) is 0 Å². The molecule has 0 radical (unpaired) electrons. The molecule has 2 heteroatoms. The first kappa shape index (κ1) is 15.3. The average Bonchev–Trinajstić information content (AvgIpc) is 2.73. The summed E-state index contributed by atoms with van der Waals surface area (Å²) in [6.07, 6.45) is 0. The fourth-order valence-corrected chi connectivity index (χ4v) is 4.63. The van der Waals surface area contributed by atoms with E-state index in [0.29, 0.717) is 5.56 Å². The minimum Gasteiger partial charge on any atom is -0.504 e. The van der Waals surface area contributed by atoms with Gasteiger partial charge in [-0.25, -0.2) is 0 Å². The molecule has 0 atom stereocenters. The summed E-state index contributed by atoms with van der Waals surface area (Å²) in [4.78, 5) is 0. The van der Waals surface area contributed by atoms with Gasteiger partial charge in [0.1, 0.15) is 0 Å². The molecule has 0 spiro atoms. The summed E-state index contributed by atoms with van der Waals surface area (Å²) < 4.78 is 0. The van der Waals surface area contributed by atoms with Crippen molar-refractivity contribution in [3.05, 3.63) is 84.9 Å². The quantitative estimate of drug-likeness (QED) is 0.192. The first-order valence-electron chi connectivity index (χ1n) is 9.33. The zero-order valence-electron chi connectivity index (χ0n) is 15.0. The van der Waals surface area contributed by atoms with E-state index < -0.39 is 0 Å². The highest BCUT2D eigenvalue weighted by molar-refractivity contribution is 6.35. The molecular formula is C26H16O2. The van der Waals surface area contributed by atoms with Gasteiger partial charge < -0.3 is 10.2 Å². The molecule has 0 heterocycles. The molecule has 0 unspecified atom stereocenters. The van der Waals surface area contributed by atoms with Gasteiger partial charge in [-0.15, -0.1) is 0 Å². The summed E-state index contributed by atoms with van der Waals surface area (Å²) in [6, 6.07) is 28.5. The minimum absolute atomic E-state index is 0.0818. The number of hydrogen-bond donors (Lipinski definition) is 2. The lowest BCUT2D eigenvalue weighted by atomic mass is 9.86. The van der Waals surface area contributed by atoms with Crippen LogP contribution in [0.2, 0.25) is 0 Å². The van der Waals surface area contributed by atoms with Crippen molar-refractivity contribution in [3.8, 4) is 22.6 Å². The third-order valence-electron chi connectivity index (χ3n) is 5.81. The number of benzene rings is 6. The molecular weight excluding hydrogens is 344 g/mol. The van der Waals surface area contributed by atoms with Gasteiger partial charge in [0.05, 0.1) is 0 Å². The molecule has 6 aromatic rings. The highest BCUT2D eigenvalue weighted by Crippen LogP contribution is 2.46. The number of hydrogen-bond acceptors (Lipinski definition) is 2. The van der Waals surface area contributed by atoms with Crippen molar-refractivity contribution in [2.24, 2.45) is 0 Å². The molecule has 2 N–H and O–H groups in total. The molecule has 6 rings (SSSR count). The molecule has 132 valence electrons. The van der Waals surface area contributed by atoms with Crippen LogP contribution < -0.4 is 0 Å². The van der Waals surface area contributed by atoms with Gasteiger partial charge in [-0.05, 0) is 54.7 Å². The summed E-state index contributed by atoms with van der Waals surface area (Å²) >= 11 is 0. The zero-order chi connectivity index (χ0) is 18.8. The van der Waals surface area contributed by atoms with Crippen molar-refractivity contribution in [1.29, 1.82) is 0 Å². The van der Waals surface area contributed by atoms with E-state index in [1.807, 2.05) is 12.1 Å². The topological polar surface area (TPSA) is 40.5 Å². The van der Waals surface area contributed by atoms with E-state index in [2.05, 4.69) is 60.7 Å². The van der Waals surface area contributed by atoms with Crippen molar-refractivity contribution < 1.29 is 10.2 Å². The predicted molar refractivity (Wildman–Crippen MR) is 116 cm³/mol. The Labute approximate surface area is 161 Å². The Kier molecular flexibility index (Phi) is 2.93. The van der Waals surface area contributed by atoms with Crippen molar-refractivity contribution >= 4 is 43.1 Å². The number of aromatic hydroxyl groups is 2. The molecule has 0 aromatic heterocycles. The molecule has 6 aromatic carbocycles. The molecule has 0 bridgehead atoms. The highest BCUT2D eigenvalue weighted by Gasteiger charge is 2.18. The van der Waals surface area contributed by atoms with Crippen LogP contribution >= 0.6 is 0 Å². The monoisotopic (exact) mass is 360 g/mol. The van der Waals surface area contributed by atoms with E-state index in [9.17, 15) is 10.2 Å². The first-order chi connectivity index (χ1) is 13.7. The number of phenolic OH excluding ortho intramolecular Hbond substituents is 2. The zero-order valence-corrected chi connectivity index (χ0v) is 15.0. The molecule has 0 aliphatic rings. The number of fused-ring (bicyclic) bond motifs is 2. The van der Waals surface area contributed by atoms with Crippen LogP contribution in [0.25, 0.3) is 54.2 Å². The summed E-state index contributed by atoms with van der Waals surface area (Å²) in [5, 5.41) is 30.1. The Bertz CT molecular complexity index is 1520. The van der Waals surface area contributed by atoms with Gasteiger partial charge in [0.15, 0.2) is 11.5 Å². The van der Waals surface area contributed by atoms with Gasteiger partial charge in [0.2, 0.25) is 0 Å². The molecule has 2 nitrogen and oxygen atoms in total. The maximum absolute atomic E-state index is 10.6. The Morgan fingerprint density at radius 1 is 0.429 bits per heavy atom. The summed E-state index contributed by atoms with van der Waals surface area (Å²) in [5.74, 6) is -0.186. The molecule has 0 fully saturated rings. The van der Waals surface area contributed by atoms with Crippen LogP contribution in [-0.4, -0.2) is 10.2 Å². The fourth-order valence-electron chi connectivity index (χ4n) is 4.63. The van der Waals surface area contributed by atoms with Gasteiger partial charge in [-0.3, -0.25) is 0 Å². The van der Waals surface area contributed by atoms with E-state index in [1.165, 1.54) is 38.4 Å². The second-order valence-corrected chi connectivity index (χ2v) is 7.27. The molecule has 0 saturated carbocycles. The second kappa shape index (κ2) is 5.37. The summed E-state index contributed by atoms with van der Waals surface area (Å²) in [7, 11) is 0. The predicted octanol–water partition coefficient (Wildman–Crippen LogP) is 6.82. The Balaban J connectivity index is 1.96. The third kappa shape index (κ3) is 1.87. The summed E-state index contributed by atoms with van der Waals surface area (Å²) in [6.45, 7) is 0. The van der Waals surface area contributed by atoms with Gasteiger partial charge in [-0.2, -0.15) is 0 Å². The van der Waals surface area contributed by atoms with Gasteiger partial charge >= 0.3 is 0 Å². The lowest BCUT2D eigenvalue weighted by molar-refractivity contribution is 0.405. The Hall–Kier alpha value is -3.78. The van der Waals surface area contributed by atoms with E-state index in [1.54, 1.807) is 6.07 Å². The van der Waals surface area contributed by atoms with Crippen LogP contribution in [0.15, 0.2) is 84.9 Å². The lowest BCUT2D eigenvalue weighted by Gasteiger charge is -2.18. The van der Waals surface area contributed by atoms with Gasteiger partial charge in [0.25, 0.3) is 0 Å². The first-order valence-corrected chi connectivity index (χ1v) is 9.33. The largest absolute Gasteiger partial charge is 0.504 e. The van der Waals surface area contributed by atoms with Crippen LogP contribution in [0, 0.1) is 0 Å². The molecule has 0 aliphatic carbocycles. The Morgan fingerprint density at radius 2 is 1.04 bits per heavy atom. The standard InChI is InChI=1S/C26H16O2/c27-22-12-4-10-20(26(22)28)19-14-13-16-7-2-9-18-17-8-1-5-15-6-3-11-21(23(15)17)25(19)24(16)18/h1-14,27-28H. The number of rotatable bonds is 1. The minimum atomic E-state index is -0.104. The smallest absolute Gasteiger partial charge is 0.165 e. The van der Waals surface area contributed by atoms with Crippen molar-refractivity contribution in [1.82, 2.24) is 0 Å². The van der Waals surface area contributed by atoms with Crippen LogP contribution in [0.3, 0.4) is 0 Å². The lowest BCUT2D eigenvalue weighted by Crippen LogP contribution is -1.90. The van der Waals surface area contributed by atoms with Crippen molar-refractivity contribution in [2.45, 2.75) is 0 Å². The maximum Gasteiger partial charge on any atom is 0.165 e. The second-order valence-electron chi connectivity index (χ2n) is 7.27. The molecule has 0 aliphatic heterocycles. The van der Waals surface area contributed by atoms with Crippen LogP contribution in [0.5, 0.6) is 11.5 Å². The fraction of sp³-hybridized carbons (Fsp3) is 0. The SMILES string of the molecule is Oc1cccc(-c2ccc3cccc4c5cccc6cccc(c2c34)c65)c1O. The third-order valence-corrected chi connectivity index (χ3v) is 5.81. The van der Waals surface area contributed by atoms with Gasteiger partial charge in [0, 0.05) is 5.56 Å². The molecule has 28 heavy (non-hydrogen) atoms. The van der Waals surface area contributed by atoms with E-state index in [4.69, 9.17) is 0 Å². The van der Waals surface area contributed by atoms with Crippen molar-refractivity contribution in [3.63, 3.8) is 0 Å². The van der Waals surface area contributed by atoms with E-state index >= 15 is 0 Å². The number of phenols is 2. The summed E-state index contributed by atoms with van der Waals surface area (Å²) in [5.41, 5.74) is 1.57. The average molecular weight is 360 g/mol. The molecule has 0 amide bonds. The van der Waals surface area contributed by atoms with E-state index in [-0.39, 0.29) is 11.5 Å². The van der Waals surface area contributed by atoms with Crippen LogP contribution in [-0.2, 0) is 0 Å². The van der Waals surface area contributed by atoms with E-state index in [0.717, 1.165) is 16.3 Å². The number of para-hydroxylation sites is 1. The van der Waals surface area contributed by atoms with Crippen LogP contribution in [0.4, 0.5) is 0 Å². The maximum atomic E-state index is 10.6. The highest BCUT2D eigenvalue weighted by atomic mass is 16.3. The molecule has 0 saturated heterocycles. The van der Waals surface area contributed by atoms with Crippen LogP contribution in [0.1, 0.15) is 0 Å². The Morgan fingerprint density at radius 3 is 1.79 bits per heavy atom. The van der Waals surface area contributed by atoms with Gasteiger partial charge in [-0.1, -0.05) is 78.9 Å². The normalized spacial score (nSPS) is 11.9.